The summed E-state index contributed by atoms with van der Waals surface area (Å²) in [5.74, 6) is 4.00. The van der Waals surface area contributed by atoms with Crippen LogP contribution in [0, 0.1) is 12.3 Å². The maximum atomic E-state index is 11.6. The topological polar surface area (TPSA) is 75.3 Å². The van der Waals surface area contributed by atoms with Crippen molar-refractivity contribution in [2.45, 2.75) is 12.5 Å². The molecule has 7 heteroatoms. The van der Waals surface area contributed by atoms with Gasteiger partial charge >= 0.3 is 0 Å². The molecule has 0 radical (unpaired) electrons. The summed E-state index contributed by atoms with van der Waals surface area (Å²) in [7, 11) is -2.98. The zero-order chi connectivity index (χ0) is 13.4. The Labute approximate surface area is 112 Å². The van der Waals surface area contributed by atoms with Crippen molar-refractivity contribution in [3.8, 4) is 12.3 Å². The van der Waals surface area contributed by atoms with Gasteiger partial charge in [0.15, 0.2) is 9.84 Å². The summed E-state index contributed by atoms with van der Waals surface area (Å²) in [6.45, 7) is 0.989. The first kappa shape index (κ1) is 15.3. The number of amides is 1. The van der Waals surface area contributed by atoms with Crippen LogP contribution >= 0.6 is 11.8 Å². The summed E-state index contributed by atoms with van der Waals surface area (Å²) in [5, 5.41) is 5.80. The van der Waals surface area contributed by atoms with Crippen molar-refractivity contribution in [3.63, 3.8) is 0 Å². The van der Waals surface area contributed by atoms with Gasteiger partial charge in [-0.2, -0.15) is 0 Å². The lowest BCUT2D eigenvalue weighted by Crippen LogP contribution is -2.47. The Bertz CT molecular complexity index is 414. The van der Waals surface area contributed by atoms with E-state index in [1.54, 1.807) is 11.8 Å². The molecule has 1 amide bonds. The lowest BCUT2D eigenvalue weighted by atomic mass is 10.2. The van der Waals surface area contributed by atoms with Crippen molar-refractivity contribution in [1.29, 1.82) is 0 Å². The molecule has 1 fully saturated rings. The highest BCUT2D eigenvalue weighted by atomic mass is 32.2. The van der Waals surface area contributed by atoms with Crippen molar-refractivity contribution in [2.75, 3.05) is 36.1 Å². The molecule has 0 saturated carbocycles. The van der Waals surface area contributed by atoms with E-state index in [-0.39, 0.29) is 29.9 Å². The predicted octanol–water partition coefficient (Wildman–Crippen LogP) is -0.754. The first-order valence-corrected chi connectivity index (χ1v) is 8.73. The van der Waals surface area contributed by atoms with Crippen LogP contribution in [0.1, 0.15) is 6.42 Å². The Morgan fingerprint density at radius 2 is 2.33 bits per heavy atom. The van der Waals surface area contributed by atoms with Crippen molar-refractivity contribution >= 4 is 27.5 Å². The summed E-state index contributed by atoms with van der Waals surface area (Å²) in [5.41, 5.74) is 0. The fraction of sp³-hybridized carbons (Fsp3) is 0.727. The first-order valence-electron chi connectivity index (χ1n) is 5.75. The number of carbonyl (C=O) groups excluding carboxylic acids is 1. The second kappa shape index (κ2) is 7.67. The average Bonchev–Trinajstić information content (AvgIpc) is 2.27. The molecule has 1 heterocycles. The van der Waals surface area contributed by atoms with E-state index in [0.717, 1.165) is 5.75 Å². The van der Waals surface area contributed by atoms with Crippen molar-refractivity contribution in [2.24, 2.45) is 0 Å². The van der Waals surface area contributed by atoms with E-state index in [1.807, 2.05) is 0 Å². The number of thioether (sulfide) groups is 1. The molecule has 1 unspecified atom stereocenters. The molecule has 1 aliphatic rings. The fourth-order valence-electron chi connectivity index (χ4n) is 1.69. The summed E-state index contributed by atoms with van der Waals surface area (Å²) in [4.78, 5) is 11.6. The zero-order valence-corrected chi connectivity index (χ0v) is 11.8. The number of hydrogen-bond acceptors (Lipinski definition) is 5. The number of nitrogens with one attached hydrogen (secondary N) is 2. The van der Waals surface area contributed by atoms with Crippen LogP contribution in [0.25, 0.3) is 0 Å². The summed E-state index contributed by atoms with van der Waals surface area (Å²) in [6.07, 6.45) is 5.30. The van der Waals surface area contributed by atoms with E-state index in [4.69, 9.17) is 6.42 Å². The van der Waals surface area contributed by atoms with Gasteiger partial charge in [-0.15, -0.1) is 18.2 Å². The minimum Gasteiger partial charge on any atom is -0.355 e. The van der Waals surface area contributed by atoms with E-state index in [0.29, 0.717) is 18.8 Å². The van der Waals surface area contributed by atoms with Crippen LogP contribution in [0.2, 0.25) is 0 Å². The molecule has 0 bridgehead atoms. The van der Waals surface area contributed by atoms with E-state index in [1.165, 1.54) is 0 Å². The van der Waals surface area contributed by atoms with Gasteiger partial charge in [0.1, 0.15) is 0 Å². The highest BCUT2D eigenvalue weighted by molar-refractivity contribution is 7.99. The standard InChI is InChI=1S/C11H18N2O3S2/c1-2-5-17-6-3-13-11(14)8-10-9-18(15,16)7-4-12-10/h1,10,12H,3-9H2,(H,13,14). The van der Waals surface area contributed by atoms with Gasteiger partial charge in [-0.05, 0) is 0 Å². The third-order valence-corrected chi connectivity index (χ3v) is 5.09. The Kier molecular flexibility index (Phi) is 6.54. The van der Waals surface area contributed by atoms with Crippen LogP contribution < -0.4 is 10.6 Å². The highest BCUT2D eigenvalue weighted by Gasteiger charge is 2.25. The Morgan fingerprint density at radius 3 is 3.00 bits per heavy atom. The van der Waals surface area contributed by atoms with Gasteiger partial charge in [0, 0.05) is 31.3 Å². The van der Waals surface area contributed by atoms with Gasteiger partial charge in [-0.1, -0.05) is 5.92 Å². The van der Waals surface area contributed by atoms with Crippen molar-refractivity contribution in [3.05, 3.63) is 0 Å². The molecular weight excluding hydrogens is 272 g/mol. The Balaban J connectivity index is 2.18. The van der Waals surface area contributed by atoms with E-state index >= 15 is 0 Å². The molecule has 0 spiro atoms. The molecule has 5 nitrogen and oxygen atoms in total. The van der Waals surface area contributed by atoms with Gasteiger partial charge in [0.2, 0.25) is 5.91 Å². The van der Waals surface area contributed by atoms with Crippen LogP contribution in [0.3, 0.4) is 0 Å². The molecule has 102 valence electrons. The molecule has 1 aliphatic heterocycles. The van der Waals surface area contributed by atoms with Crippen LogP contribution in [0.5, 0.6) is 0 Å². The normalized spacial score (nSPS) is 22.1. The SMILES string of the molecule is C#CCSCCNC(=O)CC1CS(=O)(=O)CCN1. The van der Waals surface area contributed by atoms with Gasteiger partial charge in [-0.25, -0.2) is 8.42 Å². The van der Waals surface area contributed by atoms with Crippen LogP contribution in [-0.2, 0) is 14.6 Å². The maximum Gasteiger partial charge on any atom is 0.221 e. The lowest BCUT2D eigenvalue weighted by molar-refractivity contribution is -0.121. The highest BCUT2D eigenvalue weighted by Crippen LogP contribution is 2.04. The number of hydrogen-bond donors (Lipinski definition) is 2. The lowest BCUT2D eigenvalue weighted by Gasteiger charge is -2.23. The Hall–Kier alpha value is -0.710. The molecule has 0 aromatic heterocycles. The molecule has 1 atom stereocenters. The molecule has 2 N–H and O–H groups in total. The Morgan fingerprint density at radius 1 is 1.56 bits per heavy atom. The molecular formula is C11H18N2O3S2. The van der Waals surface area contributed by atoms with Gasteiger partial charge in [0.25, 0.3) is 0 Å². The molecule has 0 aliphatic carbocycles. The van der Waals surface area contributed by atoms with Gasteiger partial charge < -0.3 is 10.6 Å². The van der Waals surface area contributed by atoms with E-state index in [2.05, 4.69) is 16.6 Å². The quantitative estimate of drug-likeness (QED) is 0.497. The molecule has 1 saturated heterocycles. The average molecular weight is 290 g/mol. The molecule has 0 aromatic carbocycles. The minimum atomic E-state index is -2.98. The van der Waals surface area contributed by atoms with Crippen molar-refractivity contribution < 1.29 is 13.2 Å². The van der Waals surface area contributed by atoms with Crippen LogP contribution in [0.4, 0.5) is 0 Å². The summed E-state index contributed by atoms with van der Waals surface area (Å²) in [6, 6.07) is -0.262. The third kappa shape index (κ3) is 6.28. The fourth-order valence-corrected chi connectivity index (χ4v) is 3.64. The van der Waals surface area contributed by atoms with E-state index < -0.39 is 9.84 Å². The van der Waals surface area contributed by atoms with E-state index in [9.17, 15) is 13.2 Å². The largest absolute Gasteiger partial charge is 0.355 e. The number of rotatable bonds is 6. The minimum absolute atomic E-state index is 0.0479. The molecule has 0 aromatic rings. The van der Waals surface area contributed by atoms with Gasteiger partial charge in [0.05, 0.1) is 17.3 Å². The summed E-state index contributed by atoms with van der Waals surface area (Å²) >= 11 is 1.58. The first-order chi connectivity index (χ1) is 8.53. The molecule has 18 heavy (non-hydrogen) atoms. The van der Waals surface area contributed by atoms with Crippen LogP contribution in [0.15, 0.2) is 0 Å². The van der Waals surface area contributed by atoms with Crippen LogP contribution in [-0.4, -0.2) is 56.5 Å². The van der Waals surface area contributed by atoms with Gasteiger partial charge in [-0.3, -0.25) is 4.79 Å². The second-order valence-corrected chi connectivity index (χ2v) is 7.41. The van der Waals surface area contributed by atoms with Crippen molar-refractivity contribution in [1.82, 2.24) is 10.6 Å². The predicted molar refractivity (Wildman–Crippen MR) is 74.2 cm³/mol. The maximum absolute atomic E-state index is 11.6. The zero-order valence-electron chi connectivity index (χ0n) is 10.1. The third-order valence-electron chi connectivity index (χ3n) is 2.49. The second-order valence-electron chi connectivity index (χ2n) is 4.08. The number of sulfone groups is 1. The number of carbonyl (C=O) groups is 1. The number of terminal acetylenes is 1. The monoisotopic (exact) mass is 290 g/mol. The molecule has 1 rings (SSSR count). The summed E-state index contributed by atoms with van der Waals surface area (Å²) < 4.78 is 22.8. The smallest absolute Gasteiger partial charge is 0.221 e.